The third-order valence-electron chi connectivity index (χ3n) is 0. The van der Waals surface area contributed by atoms with Crippen molar-refractivity contribution < 1.29 is 4.74 Å². The van der Waals surface area contributed by atoms with E-state index in [2.05, 4.69) is 4.74 Å². The molecule has 0 spiro atoms. The number of rotatable bonds is 0. The SMILES string of the molecule is COC.I.[SnH2]. The molecular weight excluding hydrogens is 286 g/mol. The zero-order chi connectivity index (χ0) is 2.71. The molecule has 3 heteroatoms. The van der Waals surface area contributed by atoms with Gasteiger partial charge in [0.2, 0.25) is 0 Å². The van der Waals surface area contributed by atoms with Gasteiger partial charge in [0.1, 0.15) is 0 Å². The molecule has 0 aliphatic rings. The fourth-order valence-corrected chi connectivity index (χ4v) is 0. The van der Waals surface area contributed by atoms with Crippen LogP contribution < -0.4 is 0 Å². The zero-order valence-electron chi connectivity index (χ0n) is 3.52. The summed E-state index contributed by atoms with van der Waals surface area (Å²) in [5.41, 5.74) is 0. The molecule has 0 aliphatic carbocycles. The van der Waals surface area contributed by atoms with E-state index in [1.807, 2.05) is 0 Å². The van der Waals surface area contributed by atoms with E-state index >= 15 is 0 Å². The first-order chi connectivity index (χ1) is 1.41. The summed E-state index contributed by atoms with van der Waals surface area (Å²) >= 11 is 0. The number of ether oxygens (including phenoxy) is 1. The summed E-state index contributed by atoms with van der Waals surface area (Å²) in [5.74, 6) is 0. The van der Waals surface area contributed by atoms with Gasteiger partial charge in [-0.25, -0.2) is 0 Å². The van der Waals surface area contributed by atoms with Crippen LogP contribution >= 0.6 is 24.0 Å². The van der Waals surface area contributed by atoms with Crippen LogP contribution in [0.3, 0.4) is 0 Å². The van der Waals surface area contributed by atoms with Crippen molar-refractivity contribution in [3.8, 4) is 0 Å². The molecule has 0 saturated heterocycles. The Labute approximate surface area is 66.4 Å². The summed E-state index contributed by atoms with van der Waals surface area (Å²) in [6, 6.07) is 0. The molecule has 34 valence electrons. The van der Waals surface area contributed by atoms with Crippen molar-refractivity contribution in [3.63, 3.8) is 0 Å². The van der Waals surface area contributed by atoms with E-state index in [0.717, 1.165) is 0 Å². The van der Waals surface area contributed by atoms with Crippen molar-refractivity contribution in [1.29, 1.82) is 0 Å². The maximum atomic E-state index is 4.25. The van der Waals surface area contributed by atoms with E-state index in [0.29, 0.717) is 0 Å². The van der Waals surface area contributed by atoms with Crippen LogP contribution in [0.2, 0.25) is 0 Å². The molecule has 0 amide bonds. The van der Waals surface area contributed by atoms with Crippen molar-refractivity contribution in [2.75, 3.05) is 14.2 Å². The Hall–Kier alpha value is 1.49. The van der Waals surface area contributed by atoms with Crippen molar-refractivity contribution >= 4 is 47.9 Å². The Morgan fingerprint density at radius 2 is 1.20 bits per heavy atom. The van der Waals surface area contributed by atoms with Gasteiger partial charge in [0.15, 0.2) is 0 Å². The third-order valence-corrected chi connectivity index (χ3v) is 0. The number of halogens is 1. The van der Waals surface area contributed by atoms with Crippen LogP contribution in [-0.4, -0.2) is 38.1 Å². The minimum atomic E-state index is 0. The summed E-state index contributed by atoms with van der Waals surface area (Å²) in [7, 11) is 3.25. The van der Waals surface area contributed by atoms with Gasteiger partial charge < -0.3 is 4.74 Å². The Bertz CT molecular complexity index is 9.61. The quantitative estimate of drug-likeness (QED) is 0.450. The molecule has 0 heterocycles. The van der Waals surface area contributed by atoms with Crippen LogP contribution in [0.5, 0.6) is 0 Å². The summed E-state index contributed by atoms with van der Waals surface area (Å²) in [6.45, 7) is 0. The van der Waals surface area contributed by atoms with Gasteiger partial charge in [0.25, 0.3) is 0 Å². The Kier molecular flexibility index (Phi) is 57.4. The second kappa shape index (κ2) is 17.9. The van der Waals surface area contributed by atoms with Gasteiger partial charge in [-0.15, -0.1) is 24.0 Å². The Morgan fingerprint density at radius 3 is 1.20 bits per heavy atom. The Morgan fingerprint density at radius 1 is 1.20 bits per heavy atom. The molecule has 0 aromatic rings. The van der Waals surface area contributed by atoms with E-state index in [9.17, 15) is 0 Å². The molecular formula is C2H9IOSn. The molecule has 0 saturated carbocycles. The summed E-state index contributed by atoms with van der Waals surface area (Å²) in [4.78, 5) is 0. The van der Waals surface area contributed by atoms with E-state index in [1.165, 1.54) is 0 Å². The summed E-state index contributed by atoms with van der Waals surface area (Å²) in [6.07, 6.45) is 0. The maximum absolute atomic E-state index is 4.25. The third kappa shape index (κ3) is 30.1. The standard InChI is InChI=1S/C2H6O.HI.Sn.2H/c1-3-2;;;;/h1-2H3;1H;;;. The first-order valence-electron chi connectivity index (χ1n) is 0.816. The van der Waals surface area contributed by atoms with E-state index < -0.39 is 0 Å². The van der Waals surface area contributed by atoms with Crippen LogP contribution in [0.4, 0.5) is 0 Å². The van der Waals surface area contributed by atoms with Gasteiger partial charge in [-0.3, -0.25) is 0 Å². The molecule has 0 atom stereocenters. The predicted molar refractivity (Wildman–Crippen MR) is 36.9 cm³/mol. The molecule has 0 aromatic heterocycles. The Balaban J connectivity index is -0.0000000200. The average Bonchev–Trinajstić information content (AvgIpc) is 0.918. The first kappa shape index (κ1) is 16.1. The zero-order valence-corrected chi connectivity index (χ0v) is 9.89. The van der Waals surface area contributed by atoms with Crippen LogP contribution in [0, 0.1) is 0 Å². The van der Waals surface area contributed by atoms with E-state index in [-0.39, 0.29) is 47.9 Å². The topological polar surface area (TPSA) is 9.23 Å². The van der Waals surface area contributed by atoms with Crippen LogP contribution in [0.25, 0.3) is 0 Å². The van der Waals surface area contributed by atoms with Gasteiger partial charge in [-0.05, 0) is 0 Å². The molecule has 0 aliphatic heterocycles. The molecule has 0 bridgehead atoms. The van der Waals surface area contributed by atoms with Gasteiger partial charge >= 0.3 is 23.9 Å². The van der Waals surface area contributed by atoms with Crippen LogP contribution in [0.15, 0.2) is 0 Å². The molecule has 0 N–H and O–H groups in total. The number of hydrogen-bond acceptors (Lipinski definition) is 1. The van der Waals surface area contributed by atoms with Crippen molar-refractivity contribution in [3.05, 3.63) is 0 Å². The second-order valence-corrected chi connectivity index (χ2v) is 0.408. The van der Waals surface area contributed by atoms with E-state index in [1.54, 1.807) is 14.2 Å². The average molecular weight is 295 g/mol. The molecule has 0 unspecified atom stereocenters. The van der Waals surface area contributed by atoms with Crippen LogP contribution in [0.1, 0.15) is 0 Å². The monoisotopic (exact) mass is 296 g/mol. The fraction of sp³-hybridized carbons (Fsp3) is 1.00. The molecule has 2 radical (unpaired) electrons. The second-order valence-electron chi connectivity index (χ2n) is 0.408. The summed E-state index contributed by atoms with van der Waals surface area (Å²) in [5, 5.41) is 0. The van der Waals surface area contributed by atoms with Gasteiger partial charge in [0, 0.05) is 14.2 Å². The van der Waals surface area contributed by atoms with Crippen molar-refractivity contribution in [2.24, 2.45) is 0 Å². The molecule has 0 fully saturated rings. The normalized spacial score (nSPS) is 3.60. The van der Waals surface area contributed by atoms with Crippen LogP contribution in [-0.2, 0) is 4.74 Å². The minimum absolute atomic E-state index is 0. The number of hydrogen-bond donors (Lipinski definition) is 0. The van der Waals surface area contributed by atoms with Gasteiger partial charge in [-0.2, -0.15) is 0 Å². The summed E-state index contributed by atoms with van der Waals surface area (Å²) < 4.78 is 4.25. The van der Waals surface area contributed by atoms with Crippen molar-refractivity contribution in [2.45, 2.75) is 0 Å². The molecule has 0 rings (SSSR count). The molecule has 1 nitrogen and oxygen atoms in total. The fourth-order valence-electron chi connectivity index (χ4n) is 0. The predicted octanol–water partition coefficient (Wildman–Crippen LogP) is -0.0356. The first-order valence-corrected chi connectivity index (χ1v) is 0.816. The molecule has 5 heavy (non-hydrogen) atoms. The molecule has 0 aromatic carbocycles. The number of methoxy groups -OCH3 is 1. The van der Waals surface area contributed by atoms with Gasteiger partial charge in [-0.1, -0.05) is 0 Å². The van der Waals surface area contributed by atoms with E-state index in [4.69, 9.17) is 0 Å². The van der Waals surface area contributed by atoms with Gasteiger partial charge in [0.05, 0.1) is 0 Å². The van der Waals surface area contributed by atoms with Crippen molar-refractivity contribution in [1.82, 2.24) is 0 Å².